The summed E-state index contributed by atoms with van der Waals surface area (Å²) in [5.74, 6) is -0.333. The Morgan fingerprint density at radius 3 is 2.18 bits per heavy atom. The summed E-state index contributed by atoms with van der Waals surface area (Å²) in [5.41, 5.74) is 5.52. The molecule has 0 unspecified atom stereocenters. The van der Waals surface area contributed by atoms with Crippen molar-refractivity contribution in [3.05, 3.63) is 0 Å². The molecule has 2 rings (SSSR count). The molecule has 22 heavy (non-hydrogen) atoms. The quantitative estimate of drug-likeness (QED) is 0.720. The molecule has 0 atom stereocenters. The van der Waals surface area contributed by atoms with Gasteiger partial charge in [0, 0.05) is 13.1 Å². The predicted molar refractivity (Wildman–Crippen MR) is 87.9 cm³/mol. The summed E-state index contributed by atoms with van der Waals surface area (Å²) in [6.45, 7) is 1.11. The van der Waals surface area contributed by atoms with Gasteiger partial charge in [-0.05, 0) is 44.4 Å². The first-order valence-corrected chi connectivity index (χ1v) is 8.28. The molecule has 6 heteroatoms. The van der Waals surface area contributed by atoms with Crippen LogP contribution >= 0.6 is 12.4 Å². The zero-order valence-electron chi connectivity index (χ0n) is 13.2. The molecule has 2 fully saturated rings. The molecule has 128 valence electrons. The molecule has 0 heterocycles. The SMILES string of the molecule is Cl.NCC1(C(=O)NCC2CCC(C(=O)O)CC2)CCCCC1. The molecular formula is C16H29ClN2O3. The zero-order valence-corrected chi connectivity index (χ0v) is 14.0. The highest BCUT2D eigenvalue weighted by Gasteiger charge is 2.38. The number of carbonyl (C=O) groups is 2. The Labute approximate surface area is 138 Å². The lowest BCUT2D eigenvalue weighted by Gasteiger charge is -2.35. The van der Waals surface area contributed by atoms with Crippen LogP contribution in [0.5, 0.6) is 0 Å². The van der Waals surface area contributed by atoms with Crippen molar-refractivity contribution in [3.8, 4) is 0 Å². The van der Waals surface area contributed by atoms with Crippen molar-refractivity contribution >= 4 is 24.3 Å². The van der Waals surface area contributed by atoms with Gasteiger partial charge in [-0.1, -0.05) is 19.3 Å². The van der Waals surface area contributed by atoms with Crippen molar-refractivity contribution in [1.29, 1.82) is 0 Å². The maximum absolute atomic E-state index is 12.5. The van der Waals surface area contributed by atoms with Crippen LogP contribution in [0.2, 0.25) is 0 Å². The Morgan fingerprint density at radius 2 is 1.68 bits per heavy atom. The van der Waals surface area contributed by atoms with Gasteiger partial charge in [-0.2, -0.15) is 0 Å². The molecule has 0 aromatic carbocycles. The molecule has 2 aliphatic rings. The van der Waals surface area contributed by atoms with E-state index in [1.165, 1.54) is 6.42 Å². The molecule has 0 aromatic heterocycles. The minimum Gasteiger partial charge on any atom is -0.481 e. The van der Waals surface area contributed by atoms with E-state index in [0.29, 0.717) is 19.0 Å². The Kier molecular flexibility index (Phi) is 7.63. The largest absolute Gasteiger partial charge is 0.481 e. The van der Waals surface area contributed by atoms with E-state index in [4.69, 9.17) is 10.8 Å². The predicted octanol–water partition coefficient (Wildman–Crippen LogP) is 2.32. The number of nitrogens with one attached hydrogen (secondary N) is 1. The van der Waals surface area contributed by atoms with Gasteiger partial charge in [-0.3, -0.25) is 9.59 Å². The molecule has 0 bridgehead atoms. The maximum atomic E-state index is 12.5. The van der Waals surface area contributed by atoms with E-state index in [1.54, 1.807) is 0 Å². The van der Waals surface area contributed by atoms with E-state index >= 15 is 0 Å². The number of hydrogen-bond donors (Lipinski definition) is 3. The highest BCUT2D eigenvalue weighted by molar-refractivity contribution is 5.85. The van der Waals surface area contributed by atoms with Gasteiger partial charge in [0.15, 0.2) is 0 Å². The Morgan fingerprint density at radius 1 is 1.09 bits per heavy atom. The lowest BCUT2D eigenvalue weighted by atomic mass is 9.73. The minimum atomic E-state index is -0.679. The molecule has 0 radical (unpaired) electrons. The third-order valence-electron chi connectivity index (χ3n) is 5.43. The topological polar surface area (TPSA) is 92.4 Å². The van der Waals surface area contributed by atoms with E-state index in [0.717, 1.165) is 51.4 Å². The first-order valence-electron chi connectivity index (χ1n) is 8.28. The van der Waals surface area contributed by atoms with Crippen LogP contribution in [0.4, 0.5) is 0 Å². The fraction of sp³-hybridized carbons (Fsp3) is 0.875. The van der Waals surface area contributed by atoms with E-state index in [9.17, 15) is 9.59 Å². The summed E-state index contributed by atoms with van der Waals surface area (Å²) in [5, 5.41) is 12.1. The van der Waals surface area contributed by atoms with Crippen LogP contribution in [0, 0.1) is 17.3 Å². The Bertz CT molecular complexity index is 376. The lowest BCUT2D eigenvalue weighted by molar-refractivity contribution is -0.143. The summed E-state index contributed by atoms with van der Waals surface area (Å²) in [4.78, 5) is 23.4. The van der Waals surface area contributed by atoms with Crippen molar-refractivity contribution < 1.29 is 14.7 Å². The van der Waals surface area contributed by atoms with Crippen molar-refractivity contribution in [3.63, 3.8) is 0 Å². The van der Waals surface area contributed by atoms with Gasteiger partial charge in [0.1, 0.15) is 0 Å². The standard InChI is InChI=1S/C16H28N2O3.ClH/c17-11-16(8-2-1-3-9-16)15(21)18-10-12-4-6-13(7-5-12)14(19)20;/h12-13H,1-11,17H2,(H,18,21)(H,19,20);1H. The van der Waals surface area contributed by atoms with Gasteiger partial charge in [-0.15, -0.1) is 12.4 Å². The number of aliphatic carboxylic acids is 1. The van der Waals surface area contributed by atoms with E-state index < -0.39 is 5.97 Å². The molecule has 0 aliphatic heterocycles. The highest BCUT2D eigenvalue weighted by Crippen LogP contribution is 2.36. The normalized spacial score (nSPS) is 27.5. The molecule has 4 N–H and O–H groups in total. The second-order valence-corrected chi connectivity index (χ2v) is 6.81. The number of amides is 1. The molecule has 1 amide bonds. The molecule has 0 spiro atoms. The van der Waals surface area contributed by atoms with Crippen molar-refractivity contribution in [2.24, 2.45) is 23.0 Å². The monoisotopic (exact) mass is 332 g/mol. The minimum absolute atomic E-state index is 0. The third-order valence-corrected chi connectivity index (χ3v) is 5.43. The number of halogens is 1. The van der Waals surface area contributed by atoms with Gasteiger partial charge < -0.3 is 16.2 Å². The van der Waals surface area contributed by atoms with Gasteiger partial charge in [-0.25, -0.2) is 0 Å². The van der Waals surface area contributed by atoms with E-state index in [2.05, 4.69) is 5.32 Å². The van der Waals surface area contributed by atoms with Crippen LogP contribution in [0.15, 0.2) is 0 Å². The number of carboxylic acid groups (broad SMARTS) is 1. The van der Waals surface area contributed by atoms with Crippen LogP contribution in [-0.4, -0.2) is 30.1 Å². The molecule has 2 aliphatic carbocycles. The summed E-state index contributed by atoms with van der Waals surface area (Å²) in [7, 11) is 0. The van der Waals surface area contributed by atoms with Crippen molar-refractivity contribution in [1.82, 2.24) is 5.32 Å². The Hall–Kier alpha value is -0.810. The van der Waals surface area contributed by atoms with Crippen LogP contribution in [0.3, 0.4) is 0 Å². The molecule has 0 aromatic rings. The summed E-state index contributed by atoms with van der Waals surface area (Å²) in [6, 6.07) is 0. The van der Waals surface area contributed by atoms with Crippen LogP contribution in [0.1, 0.15) is 57.8 Å². The van der Waals surface area contributed by atoms with Crippen LogP contribution in [-0.2, 0) is 9.59 Å². The van der Waals surface area contributed by atoms with Gasteiger partial charge in [0.25, 0.3) is 0 Å². The molecule has 5 nitrogen and oxygen atoms in total. The maximum Gasteiger partial charge on any atom is 0.306 e. The van der Waals surface area contributed by atoms with E-state index in [-0.39, 0.29) is 29.6 Å². The summed E-state index contributed by atoms with van der Waals surface area (Å²) >= 11 is 0. The van der Waals surface area contributed by atoms with Gasteiger partial charge in [0.05, 0.1) is 11.3 Å². The molecule has 2 saturated carbocycles. The average Bonchev–Trinajstić information content (AvgIpc) is 2.53. The fourth-order valence-electron chi connectivity index (χ4n) is 3.79. The number of carboxylic acids is 1. The fourth-order valence-corrected chi connectivity index (χ4v) is 3.79. The number of hydrogen-bond acceptors (Lipinski definition) is 3. The molecular weight excluding hydrogens is 304 g/mol. The van der Waals surface area contributed by atoms with Gasteiger partial charge in [0.2, 0.25) is 5.91 Å². The summed E-state index contributed by atoms with van der Waals surface area (Å²) in [6.07, 6.45) is 8.45. The van der Waals surface area contributed by atoms with Crippen molar-refractivity contribution in [2.75, 3.05) is 13.1 Å². The highest BCUT2D eigenvalue weighted by atomic mass is 35.5. The second-order valence-electron chi connectivity index (χ2n) is 6.81. The van der Waals surface area contributed by atoms with Crippen LogP contribution in [0.25, 0.3) is 0 Å². The van der Waals surface area contributed by atoms with Gasteiger partial charge >= 0.3 is 5.97 Å². The van der Waals surface area contributed by atoms with Crippen molar-refractivity contribution in [2.45, 2.75) is 57.8 Å². The average molecular weight is 333 g/mol. The second kappa shape index (κ2) is 8.73. The first kappa shape index (κ1) is 19.2. The molecule has 0 saturated heterocycles. The lowest BCUT2D eigenvalue weighted by Crippen LogP contribution is -2.48. The first-order chi connectivity index (χ1) is 10.1. The number of carbonyl (C=O) groups excluding carboxylic acids is 1. The smallest absolute Gasteiger partial charge is 0.306 e. The number of rotatable bonds is 5. The third kappa shape index (κ3) is 4.59. The van der Waals surface area contributed by atoms with E-state index in [1.807, 2.05) is 0 Å². The Balaban J connectivity index is 0.00000242. The summed E-state index contributed by atoms with van der Waals surface area (Å²) < 4.78 is 0. The number of nitrogens with two attached hydrogens (primary N) is 1. The zero-order chi connectivity index (χ0) is 15.3. The van der Waals surface area contributed by atoms with Crippen LogP contribution < -0.4 is 11.1 Å².